The number of methoxy groups -OCH3 is 1. The first-order chi connectivity index (χ1) is 24.1. The highest BCUT2D eigenvalue weighted by atomic mass is 79.9. The van der Waals surface area contributed by atoms with Gasteiger partial charge < -0.3 is 34.2 Å². The monoisotopic (exact) mass is 751 g/mol. The van der Waals surface area contributed by atoms with Crippen molar-refractivity contribution >= 4 is 39.6 Å². The smallest absolute Gasteiger partial charge is 0.408 e. The molecular weight excluding hydrogens is 713 g/mol. The van der Waals surface area contributed by atoms with E-state index in [4.69, 9.17) is 14.2 Å². The Bertz CT molecular complexity index is 1750. The van der Waals surface area contributed by atoms with Crippen LogP contribution in [0.4, 0.5) is 14.0 Å². The molecule has 3 aromatic rings. The molecule has 0 radical (unpaired) electrons. The molecule has 6 rings (SSSR count). The van der Waals surface area contributed by atoms with Gasteiger partial charge in [-0.3, -0.25) is 9.69 Å². The van der Waals surface area contributed by atoms with Gasteiger partial charge in [0.2, 0.25) is 0 Å². The highest BCUT2D eigenvalue weighted by Crippen LogP contribution is 2.41. The zero-order valence-electron chi connectivity index (χ0n) is 27.6. The van der Waals surface area contributed by atoms with Crippen LogP contribution in [0.3, 0.4) is 0 Å². The Morgan fingerprint density at radius 1 is 0.920 bits per heavy atom. The lowest BCUT2D eigenvalue weighted by Crippen LogP contribution is -2.65. The first kappa shape index (κ1) is 35.1. The van der Waals surface area contributed by atoms with Crippen LogP contribution in [-0.2, 0) is 11.2 Å². The van der Waals surface area contributed by atoms with E-state index in [-0.39, 0.29) is 50.4 Å². The minimum Gasteiger partial charge on any atom is -0.497 e. The van der Waals surface area contributed by atoms with Gasteiger partial charge in [-0.2, -0.15) is 0 Å². The molecular formula is C37H39BrFN3O8. The van der Waals surface area contributed by atoms with Crippen LogP contribution in [0.2, 0.25) is 0 Å². The van der Waals surface area contributed by atoms with Crippen LogP contribution in [0.25, 0.3) is 5.57 Å². The van der Waals surface area contributed by atoms with Crippen molar-refractivity contribution in [1.29, 1.82) is 0 Å². The van der Waals surface area contributed by atoms with E-state index in [9.17, 15) is 29.0 Å². The maximum absolute atomic E-state index is 14.6. The van der Waals surface area contributed by atoms with Gasteiger partial charge in [-0.25, -0.2) is 14.0 Å². The number of ether oxygens (including phenoxy) is 3. The number of amides is 3. The summed E-state index contributed by atoms with van der Waals surface area (Å²) in [6.07, 6.45) is 0.901. The van der Waals surface area contributed by atoms with Gasteiger partial charge in [0.05, 0.1) is 36.8 Å². The van der Waals surface area contributed by atoms with Crippen molar-refractivity contribution in [1.82, 2.24) is 14.7 Å². The maximum Gasteiger partial charge on any atom is 0.408 e. The number of aryl methyl sites for hydroxylation is 1. The summed E-state index contributed by atoms with van der Waals surface area (Å²) >= 11 is 3.37. The van der Waals surface area contributed by atoms with Crippen molar-refractivity contribution in [3.05, 3.63) is 93.7 Å². The highest BCUT2D eigenvalue weighted by molar-refractivity contribution is 9.10. The van der Waals surface area contributed by atoms with Crippen LogP contribution in [0.15, 0.2) is 76.8 Å². The molecule has 2 heterocycles. The average Bonchev–Trinajstić information content (AvgIpc) is 3.95. The first-order valence-corrected chi connectivity index (χ1v) is 17.4. The van der Waals surface area contributed by atoms with Gasteiger partial charge in [-0.1, -0.05) is 24.3 Å². The standard InChI is InChI=1S/C37H39BrFN3O8/c1-48-28-11-13-29(14-12-28)49-18-16-41(26-9-10-26)35(43)34-30(20-27-21-40(36(44)45)22-32(34)42(27)37(46)47)24-6-4-23(5-7-24)3-2-17-50-33-19-25(39)8-15-31(33)38/h4-8,11-15,19,26-27,32H,2-3,9-10,16-18,20-22H2,1H3,(H,44,45)(H,46,47)/t27-,32-/m1/s1. The van der Waals surface area contributed by atoms with E-state index in [1.165, 1.54) is 21.9 Å². The Hall–Kier alpha value is -4.78. The molecule has 2 fully saturated rings. The van der Waals surface area contributed by atoms with Crippen LogP contribution in [-0.4, -0.2) is 101 Å². The summed E-state index contributed by atoms with van der Waals surface area (Å²) in [5.74, 6) is 1.10. The van der Waals surface area contributed by atoms with E-state index in [1.54, 1.807) is 42.3 Å². The first-order valence-electron chi connectivity index (χ1n) is 16.6. The molecule has 1 saturated carbocycles. The second-order valence-electron chi connectivity index (χ2n) is 12.6. The fourth-order valence-electron chi connectivity index (χ4n) is 6.74. The van der Waals surface area contributed by atoms with Crippen molar-refractivity contribution in [3.8, 4) is 17.2 Å². The topological polar surface area (TPSA) is 129 Å². The fourth-order valence-corrected chi connectivity index (χ4v) is 7.10. The summed E-state index contributed by atoms with van der Waals surface area (Å²) in [5, 5.41) is 20.2. The molecule has 3 amide bonds. The third kappa shape index (κ3) is 7.99. The quantitative estimate of drug-likeness (QED) is 0.188. The molecule has 0 spiro atoms. The van der Waals surface area contributed by atoms with E-state index < -0.39 is 24.3 Å². The lowest BCUT2D eigenvalue weighted by atomic mass is 9.81. The normalized spacial score (nSPS) is 18.5. The number of halogens is 2. The highest BCUT2D eigenvalue weighted by Gasteiger charge is 2.49. The predicted molar refractivity (Wildman–Crippen MR) is 186 cm³/mol. The average molecular weight is 753 g/mol. The second kappa shape index (κ2) is 15.4. The molecule has 11 nitrogen and oxygen atoms in total. The predicted octanol–water partition coefficient (Wildman–Crippen LogP) is 6.55. The minimum atomic E-state index is -1.18. The number of nitrogens with zero attached hydrogens (tertiary/aromatic N) is 3. The molecule has 50 heavy (non-hydrogen) atoms. The number of fused-ring (bicyclic) bond motifs is 2. The van der Waals surface area contributed by atoms with Gasteiger partial charge in [-0.05, 0) is 101 Å². The minimum absolute atomic E-state index is 0.0107. The Morgan fingerprint density at radius 2 is 1.64 bits per heavy atom. The van der Waals surface area contributed by atoms with E-state index in [0.717, 1.165) is 29.5 Å². The van der Waals surface area contributed by atoms with Crippen molar-refractivity contribution in [2.24, 2.45) is 0 Å². The van der Waals surface area contributed by atoms with Crippen LogP contribution in [0, 0.1) is 5.82 Å². The summed E-state index contributed by atoms with van der Waals surface area (Å²) in [6.45, 7) is 0.781. The molecule has 264 valence electrons. The van der Waals surface area contributed by atoms with Gasteiger partial charge in [0.25, 0.3) is 5.91 Å². The Morgan fingerprint density at radius 3 is 2.30 bits per heavy atom. The molecule has 3 aliphatic rings. The van der Waals surface area contributed by atoms with Gasteiger partial charge in [0.1, 0.15) is 29.7 Å². The molecule has 13 heteroatoms. The molecule has 0 unspecified atom stereocenters. The molecule has 1 saturated heterocycles. The lowest BCUT2D eigenvalue weighted by Gasteiger charge is -2.49. The molecule has 1 aliphatic carbocycles. The summed E-state index contributed by atoms with van der Waals surface area (Å²) in [7, 11) is 1.58. The zero-order valence-corrected chi connectivity index (χ0v) is 29.2. The van der Waals surface area contributed by atoms with Crippen LogP contribution < -0.4 is 14.2 Å². The molecule has 0 aromatic heterocycles. The van der Waals surface area contributed by atoms with Crippen molar-refractivity contribution in [2.75, 3.05) is 40.0 Å². The molecule has 2 bridgehead atoms. The number of carboxylic acid groups (broad SMARTS) is 2. The van der Waals surface area contributed by atoms with Gasteiger partial charge in [0.15, 0.2) is 0 Å². The number of benzene rings is 3. The number of hydrogen-bond donors (Lipinski definition) is 2. The van der Waals surface area contributed by atoms with Gasteiger partial charge >= 0.3 is 12.2 Å². The summed E-state index contributed by atoms with van der Waals surface area (Å²) in [4.78, 5) is 43.5. The number of rotatable bonds is 13. The summed E-state index contributed by atoms with van der Waals surface area (Å²) in [6, 6.07) is 17.7. The Labute approximate surface area is 297 Å². The zero-order chi connectivity index (χ0) is 35.4. The molecule has 2 atom stereocenters. The third-order valence-electron chi connectivity index (χ3n) is 9.35. The van der Waals surface area contributed by atoms with E-state index in [2.05, 4.69) is 15.9 Å². The van der Waals surface area contributed by atoms with Crippen molar-refractivity contribution in [3.63, 3.8) is 0 Å². The number of carbonyl (C=O) groups excluding carboxylic acids is 1. The largest absolute Gasteiger partial charge is 0.497 e. The molecule has 3 aromatic carbocycles. The number of carbonyl (C=O) groups is 3. The summed E-state index contributed by atoms with van der Waals surface area (Å²) < 4.78 is 31.2. The Kier molecular flexibility index (Phi) is 10.8. The summed E-state index contributed by atoms with van der Waals surface area (Å²) in [5.41, 5.74) is 2.89. The van der Waals surface area contributed by atoms with Gasteiger partial charge in [0, 0.05) is 30.8 Å². The van der Waals surface area contributed by atoms with E-state index in [0.29, 0.717) is 46.7 Å². The maximum atomic E-state index is 14.6. The van der Waals surface area contributed by atoms with Crippen molar-refractivity contribution in [2.45, 2.75) is 50.2 Å². The van der Waals surface area contributed by atoms with Crippen molar-refractivity contribution < 1.29 is 43.2 Å². The fraction of sp³-hybridized carbons (Fsp3) is 0.378. The molecule has 2 N–H and O–H groups in total. The molecule has 2 aliphatic heterocycles. The Balaban J connectivity index is 1.24. The van der Waals surface area contributed by atoms with Gasteiger partial charge in [-0.15, -0.1) is 0 Å². The number of piperazine rings is 1. The SMILES string of the molecule is COc1ccc(OCCN(C(=O)C2=C(c3ccc(CCCOc4cc(F)ccc4Br)cc3)C[C@@H]3CN(C(=O)O)C[C@H]2N3C(=O)O)C2CC2)cc1. The van der Waals surface area contributed by atoms with Crippen LogP contribution in [0.1, 0.15) is 36.8 Å². The van der Waals surface area contributed by atoms with Crippen LogP contribution in [0.5, 0.6) is 17.2 Å². The number of hydrogen-bond acceptors (Lipinski definition) is 6. The van der Waals surface area contributed by atoms with E-state index >= 15 is 0 Å². The third-order valence-corrected chi connectivity index (χ3v) is 10.0. The van der Waals surface area contributed by atoms with E-state index in [1.807, 2.05) is 24.3 Å². The lowest BCUT2D eigenvalue weighted by molar-refractivity contribution is -0.129. The second-order valence-corrected chi connectivity index (χ2v) is 13.5. The van der Waals surface area contributed by atoms with Crippen LogP contribution >= 0.6 is 15.9 Å².